The maximum absolute atomic E-state index is 12.0. The van der Waals surface area contributed by atoms with Crippen molar-refractivity contribution in [3.63, 3.8) is 0 Å². The van der Waals surface area contributed by atoms with Crippen molar-refractivity contribution < 1.29 is 14.4 Å². The van der Waals surface area contributed by atoms with E-state index in [1.54, 1.807) is 30.5 Å². The van der Waals surface area contributed by atoms with Crippen LogP contribution in [-0.4, -0.2) is 45.6 Å². The van der Waals surface area contributed by atoms with Crippen molar-refractivity contribution >= 4 is 35.2 Å². The molecule has 1 heterocycles. The summed E-state index contributed by atoms with van der Waals surface area (Å²) in [5.41, 5.74) is 1.00. The molecule has 0 aliphatic rings. The molecule has 0 fully saturated rings. The van der Waals surface area contributed by atoms with Gasteiger partial charge in [0.2, 0.25) is 11.8 Å². The standard InChI is InChI=1S/C18H23N5O3S/c1-12(2)21-15(24)10-20-17(26)13-4-6-14(7-5-13)22-16(25)11-27-18-19-8-9-23(18)3/h4-9,12H,10-11H2,1-3H3,(H,20,26)(H,21,24)(H,22,25). The topological polar surface area (TPSA) is 105 Å². The van der Waals surface area contributed by atoms with Gasteiger partial charge in [-0.1, -0.05) is 11.8 Å². The molecular formula is C18H23N5O3S. The van der Waals surface area contributed by atoms with Crippen molar-refractivity contribution in [2.75, 3.05) is 17.6 Å². The van der Waals surface area contributed by atoms with Gasteiger partial charge in [0.25, 0.3) is 5.91 Å². The number of nitrogens with one attached hydrogen (secondary N) is 3. The summed E-state index contributed by atoms with van der Waals surface area (Å²) in [6.07, 6.45) is 3.49. The maximum Gasteiger partial charge on any atom is 0.251 e. The van der Waals surface area contributed by atoms with Crippen molar-refractivity contribution in [2.45, 2.75) is 25.0 Å². The number of nitrogens with zero attached hydrogens (tertiary/aromatic N) is 2. The van der Waals surface area contributed by atoms with Gasteiger partial charge in [-0.3, -0.25) is 14.4 Å². The first-order chi connectivity index (χ1) is 12.8. The summed E-state index contributed by atoms with van der Waals surface area (Å²) in [7, 11) is 1.86. The van der Waals surface area contributed by atoms with E-state index < -0.39 is 0 Å². The lowest BCUT2D eigenvalue weighted by molar-refractivity contribution is -0.120. The van der Waals surface area contributed by atoms with Gasteiger partial charge in [0, 0.05) is 36.7 Å². The number of rotatable bonds is 8. The maximum atomic E-state index is 12.0. The van der Waals surface area contributed by atoms with Crippen LogP contribution in [0.2, 0.25) is 0 Å². The second-order valence-corrected chi connectivity index (χ2v) is 7.08. The van der Waals surface area contributed by atoms with Crippen molar-refractivity contribution in [3.05, 3.63) is 42.2 Å². The zero-order valence-corrected chi connectivity index (χ0v) is 16.3. The van der Waals surface area contributed by atoms with Gasteiger partial charge >= 0.3 is 0 Å². The molecule has 0 saturated carbocycles. The molecule has 9 heteroatoms. The first-order valence-corrected chi connectivity index (χ1v) is 9.41. The van der Waals surface area contributed by atoms with Crippen LogP contribution >= 0.6 is 11.8 Å². The second-order valence-electron chi connectivity index (χ2n) is 6.14. The van der Waals surface area contributed by atoms with Gasteiger partial charge in [-0.2, -0.15) is 0 Å². The zero-order chi connectivity index (χ0) is 19.8. The van der Waals surface area contributed by atoms with E-state index in [4.69, 9.17) is 0 Å². The lowest BCUT2D eigenvalue weighted by Crippen LogP contribution is -2.39. The molecule has 0 saturated heterocycles. The number of thioether (sulfide) groups is 1. The number of aryl methyl sites for hydroxylation is 1. The summed E-state index contributed by atoms with van der Waals surface area (Å²) in [5, 5.41) is 8.78. The molecule has 3 amide bonds. The van der Waals surface area contributed by atoms with Crippen LogP contribution < -0.4 is 16.0 Å². The molecule has 0 spiro atoms. The number of imidazole rings is 1. The molecule has 2 rings (SSSR count). The highest BCUT2D eigenvalue weighted by Gasteiger charge is 2.10. The molecule has 8 nitrogen and oxygen atoms in total. The number of anilines is 1. The van der Waals surface area contributed by atoms with Gasteiger partial charge < -0.3 is 20.5 Å². The van der Waals surface area contributed by atoms with E-state index in [1.807, 2.05) is 31.7 Å². The Labute approximate surface area is 162 Å². The minimum absolute atomic E-state index is 0.0212. The second kappa shape index (κ2) is 9.77. The minimum Gasteiger partial charge on any atom is -0.352 e. The van der Waals surface area contributed by atoms with Gasteiger partial charge in [-0.25, -0.2) is 4.98 Å². The molecule has 0 atom stereocenters. The quantitative estimate of drug-likeness (QED) is 0.592. The van der Waals surface area contributed by atoms with Gasteiger partial charge in [0.15, 0.2) is 5.16 Å². The third kappa shape index (κ3) is 6.78. The Morgan fingerprint density at radius 3 is 2.44 bits per heavy atom. The van der Waals surface area contributed by atoms with Crippen LogP contribution in [-0.2, 0) is 16.6 Å². The first-order valence-electron chi connectivity index (χ1n) is 8.42. The SMILES string of the molecule is CC(C)NC(=O)CNC(=O)c1ccc(NC(=O)CSc2nccn2C)cc1. The molecule has 1 aromatic heterocycles. The van der Waals surface area contributed by atoms with Gasteiger partial charge in [0.1, 0.15) is 0 Å². The molecule has 27 heavy (non-hydrogen) atoms. The number of hydrogen-bond donors (Lipinski definition) is 3. The Morgan fingerprint density at radius 1 is 1.15 bits per heavy atom. The monoisotopic (exact) mass is 389 g/mol. The predicted octanol–water partition coefficient (Wildman–Crippen LogP) is 1.41. The average Bonchev–Trinajstić information content (AvgIpc) is 3.03. The van der Waals surface area contributed by atoms with Crippen LogP contribution in [0.4, 0.5) is 5.69 Å². The number of carbonyl (C=O) groups excluding carboxylic acids is 3. The highest BCUT2D eigenvalue weighted by Crippen LogP contribution is 2.15. The van der Waals surface area contributed by atoms with Crippen LogP contribution in [0.5, 0.6) is 0 Å². The molecule has 0 unspecified atom stereocenters. The van der Waals surface area contributed by atoms with Gasteiger partial charge in [0.05, 0.1) is 12.3 Å². The third-order valence-electron chi connectivity index (χ3n) is 3.40. The summed E-state index contributed by atoms with van der Waals surface area (Å²) in [4.78, 5) is 39.7. The summed E-state index contributed by atoms with van der Waals surface area (Å²) in [5.74, 6) is -0.520. The number of benzene rings is 1. The molecule has 144 valence electrons. The van der Waals surface area contributed by atoms with E-state index in [0.29, 0.717) is 11.3 Å². The predicted molar refractivity (Wildman–Crippen MR) is 105 cm³/mol. The first kappa shape index (κ1) is 20.5. The third-order valence-corrected chi connectivity index (χ3v) is 4.46. The van der Waals surface area contributed by atoms with E-state index >= 15 is 0 Å². The summed E-state index contributed by atoms with van der Waals surface area (Å²) >= 11 is 1.34. The summed E-state index contributed by atoms with van der Waals surface area (Å²) < 4.78 is 1.84. The van der Waals surface area contributed by atoms with Crippen LogP contribution in [0.1, 0.15) is 24.2 Å². The molecule has 0 aliphatic carbocycles. The van der Waals surface area contributed by atoms with Crippen LogP contribution in [0.15, 0.2) is 41.8 Å². The molecule has 0 radical (unpaired) electrons. The number of amides is 3. The highest BCUT2D eigenvalue weighted by atomic mass is 32.2. The van der Waals surface area contributed by atoms with E-state index in [-0.39, 0.29) is 36.1 Å². The summed E-state index contributed by atoms with van der Waals surface area (Å²) in [6, 6.07) is 6.50. The smallest absolute Gasteiger partial charge is 0.251 e. The van der Waals surface area contributed by atoms with Crippen molar-refractivity contribution in [3.8, 4) is 0 Å². The Bertz CT molecular complexity index is 802. The molecule has 0 aliphatic heterocycles. The van der Waals surface area contributed by atoms with Crippen molar-refractivity contribution in [1.29, 1.82) is 0 Å². The number of aromatic nitrogens is 2. The molecule has 0 bridgehead atoms. The normalized spacial score (nSPS) is 10.5. The lowest BCUT2D eigenvalue weighted by atomic mass is 10.2. The molecule has 3 N–H and O–H groups in total. The van der Waals surface area contributed by atoms with E-state index in [2.05, 4.69) is 20.9 Å². The van der Waals surface area contributed by atoms with Gasteiger partial charge in [-0.15, -0.1) is 0 Å². The zero-order valence-electron chi connectivity index (χ0n) is 15.5. The molecular weight excluding hydrogens is 366 g/mol. The van der Waals surface area contributed by atoms with E-state index in [0.717, 1.165) is 5.16 Å². The van der Waals surface area contributed by atoms with Gasteiger partial charge in [-0.05, 0) is 38.1 Å². The van der Waals surface area contributed by atoms with Crippen LogP contribution in [0.25, 0.3) is 0 Å². The number of hydrogen-bond acceptors (Lipinski definition) is 5. The summed E-state index contributed by atoms with van der Waals surface area (Å²) in [6.45, 7) is 3.61. The van der Waals surface area contributed by atoms with E-state index in [1.165, 1.54) is 11.8 Å². The molecule has 1 aromatic carbocycles. The Hall–Kier alpha value is -2.81. The average molecular weight is 389 g/mol. The largest absolute Gasteiger partial charge is 0.352 e. The van der Waals surface area contributed by atoms with Crippen LogP contribution in [0, 0.1) is 0 Å². The van der Waals surface area contributed by atoms with Crippen LogP contribution in [0.3, 0.4) is 0 Å². The Morgan fingerprint density at radius 2 is 1.85 bits per heavy atom. The fourth-order valence-electron chi connectivity index (χ4n) is 2.16. The highest BCUT2D eigenvalue weighted by molar-refractivity contribution is 7.99. The minimum atomic E-state index is -0.350. The van der Waals surface area contributed by atoms with Crippen molar-refractivity contribution in [2.24, 2.45) is 7.05 Å². The fourth-order valence-corrected chi connectivity index (χ4v) is 2.89. The number of carbonyl (C=O) groups is 3. The molecule has 2 aromatic rings. The van der Waals surface area contributed by atoms with E-state index in [9.17, 15) is 14.4 Å². The fraction of sp³-hybridized carbons (Fsp3) is 0.333. The Kier molecular flexibility index (Phi) is 7.42. The Balaban J connectivity index is 1.80. The van der Waals surface area contributed by atoms with Crippen molar-refractivity contribution in [1.82, 2.24) is 20.2 Å². The lowest BCUT2D eigenvalue weighted by Gasteiger charge is -2.10.